The second-order valence-electron chi connectivity index (χ2n) is 6.63. The number of aromatic nitrogens is 2. The molecule has 2 heterocycles. The molecule has 2 aromatic heterocycles. The minimum absolute atomic E-state index is 0.0879. The van der Waals surface area contributed by atoms with Crippen LogP contribution in [-0.4, -0.2) is 27.2 Å². The van der Waals surface area contributed by atoms with Crippen molar-refractivity contribution in [2.24, 2.45) is 0 Å². The molecule has 6 heteroatoms. The van der Waals surface area contributed by atoms with E-state index in [1.54, 1.807) is 11.9 Å². The SMILES string of the molecule is Cc1sc2ncc(C(=O)N(C)C(C)(C)c3ccccc3)c(=O)n2c1C. The first-order valence-corrected chi connectivity index (χ1v) is 8.88. The lowest BCUT2D eigenvalue weighted by Crippen LogP contribution is -2.44. The van der Waals surface area contributed by atoms with Crippen LogP contribution < -0.4 is 5.56 Å². The standard InChI is InChI=1S/C19H21N3O2S/c1-12-13(2)25-18-20-11-15(17(24)22(12)18)16(23)21(5)19(3,4)14-9-7-6-8-10-14/h6-11H,1-5H3. The highest BCUT2D eigenvalue weighted by atomic mass is 32.1. The Hall–Kier alpha value is -2.47. The zero-order chi connectivity index (χ0) is 18.4. The van der Waals surface area contributed by atoms with E-state index in [2.05, 4.69) is 4.98 Å². The molecule has 0 saturated carbocycles. The highest BCUT2D eigenvalue weighted by Crippen LogP contribution is 2.27. The second-order valence-corrected chi connectivity index (χ2v) is 7.81. The first kappa shape index (κ1) is 17.4. The maximum absolute atomic E-state index is 13.0. The molecule has 0 aliphatic heterocycles. The number of aryl methyl sites for hydroxylation is 2. The van der Waals surface area contributed by atoms with Gasteiger partial charge in [0, 0.05) is 23.8 Å². The van der Waals surface area contributed by atoms with Crippen molar-refractivity contribution in [3.05, 3.63) is 68.6 Å². The molecule has 5 nitrogen and oxygen atoms in total. The van der Waals surface area contributed by atoms with Crippen molar-refractivity contribution in [1.82, 2.24) is 14.3 Å². The molecule has 0 N–H and O–H groups in total. The molecule has 0 radical (unpaired) electrons. The minimum atomic E-state index is -0.552. The van der Waals surface area contributed by atoms with E-state index in [4.69, 9.17) is 0 Å². The predicted molar refractivity (Wildman–Crippen MR) is 100 cm³/mol. The van der Waals surface area contributed by atoms with Gasteiger partial charge >= 0.3 is 0 Å². The Morgan fingerprint density at radius 2 is 1.84 bits per heavy atom. The molecule has 0 unspecified atom stereocenters. The zero-order valence-electron chi connectivity index (χ0n) is 15.0. The fourth-order valence-corrected chi connectivity index (χ4v) is 3.73. The van der Waals surface area contributed by atoms with Gasteiger partial charge in [0.15, 0.2) is 4.96 Å². The summed E-state index contributed by atoms with van der Waals surface area (Å²) in [6.07, 6.45) is 1.40. The third-order valence-electron chi connectivity index (χ3n) is 4.87. The average molecular weight is 355 g/mol. The van der Waals surface area contributed by atoms with E-state index in [1.165, 1.54) is 21.9 Å². The number of carbonyl (C=O) groups excluding carboxylic acids is 1. The van der Waals surface area contributed by atoms with Crippen molar-refractivity contribution in [2.75, 3.05) is 7.05 Å². The largest absolute Gasteiger partial charge is 0.332 e. The first-order chi connectivity index (χ1) is 11.7. The minimum Gasteiger partial charge on any atom is -0.332 e. The van der Waals surface area contributed by atoms with Crippen LogP contribution >= 0.6 is 11.3 Å². The van der Waals surface area contributed by atoms with E-state index in [0.717, 1.165) is 16.1 Å². The van der Waals surface area contributed by atoms with Gasteiger partial charge in [0.1, 0.15) is 5.56 Å². The second kappa shape index (κ2) is 6.11. The average Bonchev–Trinajstić information content (AvgIpc) is 2.90. The summed E-state index contributed by atoms with van der Waals surface area (Å²) in [6.45, 7) is 7.74. The summed E-state index contributed by atoms with van der Waals surface area (Å²) in [5, 5.41) is 0. The summed E-state index contributed by atoms with van der Waals surface area (Å²) in [7, 11) is 1.72. The van der Waals surface area contributed by atoms with Crippen LogP contribution in [-0.2, 0) is 5.54 Å². The lowest BCUT2D eigenvalue weighted by atomic mass is 9.92. The van der Waals surface area contributed by atoms with Crippen LogP contribution in [0.1, 0.15) is 40.3 Å². The summed E-state index contributed by atoms with van der Waals surface area (Å²) in [5.74, 6) is -0.330. The number of amides is 1. The Kier molecular flexibility index (Phi) is 4.24. The lowest BCUT2D eigenvalue weighted by molar-refractivity contribution is 0.0619. The van der Waals surface area contributed by atoms with Gasteiger partial charge in [-0.3, -0.25) is 14.0 Å². The van der Waals surface area contributed by atoms with E-state index < -0.39 is 5.54 Å². The number of benzene rings is 1. The molecule has 130 valence electrons. The van der Waals surface area contributed by atoms with E-state index in [1.807, 2.05) is 58.0 Å². The highest BCUT2D eigenvalue weighted by Gasteiger charge is 2.31. The maximum Gasteiger partial charge on any atom is 0.271 e. The van der Waals surface area contributed by atoms with E-state index >= 15 is 0 Å². The van der Waals surface area contributed by atoms with E-state index in [0.29, 0.717) is 4.96 Å². The molecule has 25 heavy (non-hydrogen) atoms. The molecule has 1 aromatic carbocycles. The Morgan fingerprint density at radius 3 is 2.48 bits per heavy atom. The van der Waals surface area contributed by atoms with Crippen LogP contribution in [0.25, 0.3) is 4.96 Å². The molecule has 0 atom stereocenters. The third-order valence-corrected chi connectivity index (χ3v) is 5.94. The van der Waals surface area contributed by atoms with Crippen LogP contribution in [0.4, 0.5) is 0 Å². The molecule has 1 amide bonds. The lowest BCUT2D eigenvalue weighted by Gasteiger charge is -2.36. The quantitative estimate of drug-likeness (QED) is 0.724. The molecule has 0 spiro atoms. The Balaban J connectivity index is 2.06. The molecule has 3 aromatic rings. The number of hydrogen-bond acceptors (Lipinski definition) is 4. The van der Waals surface area contributed by atoms with Crippen LogP contribution in [0.15, 0.2) is 41.3 Å². The van der Waals surface area contributed by atoms with Crippen LogP contribution in [0.2, 0.25) is 0 Å². The molecular weight excluding hydrogens is 334 g/mol. The van der Waals surface area contributed by atoms with Crippen molar-refractivity contribution in [3.63, 3.8) is 0 Å². The van der Waals surface area contributed by atoms with Gasteiger partial charge in [-0.15, -0.1) is 11.3 Å². The third kappa shape index (κ3) is 2.76. The molecule has 0 saturated heterocycles. The number of thiazole rings is 1. The summed E-state index contributed by atoms with van der Waals surface area (Å²) < 4.78 is 1.52. The monoisotopic (exact) mass is 355 g/mol. The van der Waals surface area contributed by atoms with Crippen molar-refractivity contribution < 1.29 is 4.79 Å². The Bertz CT molecular complexity index is 1000. The molecule has 0 bridgehead atoms. The number of carbonyl (C=O) groups is 1. The molecule has 0 aliphatic carbocycles. The zero-order valence-corrected chi connectivity index (χ0v) is 15.8. The van der Waals surface area contributed by atoms with Crippen LogP contribution in [0.5, 0.6) is 0 Å². The van der Waals surface area contributed by atoms with E-state index in [9.17, 15) is 9.59 Å². The van der Waals surface area contributed by atoms with Gasteiger partial charge < -0.3 is 4.90 Å². The van der Waals surface area contributed by atoms with Crippen molar-refractivity contribution in [3.8, 4) is 0 Å². The van der Waals surface area contributed by atoms with Crippen LogP contribution in [0.3, 0.4) is 0 Å². The van der Waals surface area contributed by atoms with Crippen molar-refractivity contribution in [1.29, 1.82) is 0 Å². The first-order valence-electron chi connectivity index (χ1n) is 8.06. The Labute approximate surface area is 150 Å². The smallest absolute Gasteiger partial charge is 0.271 e. The maximum atomic E-state index is 13.0. The van der Waals surface area contributed by atoms with Gasteiger partial charge in [-0.2, -0.15) is 0 Å². The summed E-state index contributed by atoms with van der Waals surface area (Å²) in [6, 6.07) is 9.77. The normalized spacial score (nSPS) is 11.7. The number of hydrogen-bond donors (Lipinski definition) is 0. The summed E-state index contributed by atoms with van der Waals surface area (Å²) in [4.78, 5) is 33.4. The topological polar surface area (TPSA) is 54.7 Å². The number of rotatable bonds is 3. The fourth-order valence-electron chi connectivity index (χ4n) is 2.80. The highest BCUT2D eigenvalue weighted by molar-refractivity contribution is 7.17. The number of fused-ring (bicyclic) bond motifs is 1. The van der Waals surface area contributed by atoms with Crippen molar-refractivity contribution >= 4 is 22.2 Å². The fraction of sp³-hybridized carbons (Fsp3) is 0.316. The molecule has 3 rings (SSSR count). The summed E-state index contributed by atoms with van der Waals surface area (Å²) >= 11 is 1.45. The molecule has 0 fully saturated rings. The summed E-state index contributed by atoms with van der Waals surface area (Å²) in [5.41, 5.74) is 1.06. The molecular formula is C19H21N3O2S. The van der Waals surface area contributed by atoms with Crippen LogP contribution in [0, 0.1) is 13.8 Å². The van der Waals surface area contributed by atoms with Gasteiger partial charge in [-0.05, 0) is 33.3 Å². The Morgan fingerprint density at radius 1 is 1.20 bits per heavy atom. The van der Waals surface area contributed by atoms with Gasteiger partial charge in [-0.25, -0.2) is 4.98 Å². The predicted octanol–water partition coefficient (Wildman–Crippen LogP) is 3.38. The van der Waals surface area contributed by atoms with E-state index in [-0.39, 0.29) is 17.0 Å². The number of nitrogens with zero attached hydrogens (tertiary/aromatic N) is 3. The van der Waals surface area contributed by atoms with Gasteiger partial charge in [0.25, 0.3) is 11.5 Å². The van der Waals surface area contributed by atoms with Gasteiger partial charge in [-0.1, -0.05) is 30.3 Å². The van der Waals surface area contributed by atoms with Gasteiger partial charge in [0.05, 0.1) is 5.54 Å². The molecule has 0 aliphatic rings. The van der Waals surface area contributed by atoms with Gasteiger partial charge in [0.2, 0.25) is 0 Å². The van der Waals surface area contributed by atoms with Crippen molar-refractivity contribution in [2.45, 2.75) is 33.2 Å².